The number of nitrogens with one attached hydrogen (secondary N) is 2. The minimum atomic E-state index is -3.50. The number of aliphatic imine (C=N–C) groups is 1. The summed E-state index contributed by atoms with van der Waals surface area (Å²) in [4.78, 5) is 6.99. The maximum Gasteiger partial charge on any atom is 0.242 e. The summed E-state index contributed by atoms with van der Waals surface area (Å²) in [5, 5.41) is 6.73. The van der Waals surface area contributed by atoms with E-state index in [1.54, 1.807) is 33.3 Å². The lowest BCUT2D eigenvalue weighted by atomic mass is 10.2. The van der Waals surface area contributed by atoms with Crippen LogP contribution in [0.3, 0.4) is 0 Å². The average Bonchev–Trinajstić information content (AvgIpc) is 3.20. The molecular formula is C22H31N5O2S. The first-order valence-electron chi connectivity index (χ1n) is 10.1. The van der Waals surface area contributed by atoms with Crippen molar-refractivity contribution in [2.45, 2.75) is 30.8 Å². The molecule has 0 radical (unpaired) electrons. The number of nitrogens with zero attached hydrogens (tertiary/aromatic N) is 3. The Kier molecular flexibility index (Phi) is 6.99. The monoisotopic (exact) mass is 429 g/mol. The minimum Gasteiger partial charge on any atom is -0.369 e. The van der Waals surface area contributed by atoms with E-state index in [-0.39, 0.29) is 6.04 Å². The average molecular weight is 430 g/mol. The summed E-state index contributed by atoms with van der Waals surface area (Å²) in [6.07, 6.45) is 1.01. The topological polar surface area (TPSA) is 77.0 Å². The van der Waals surface area contributed by atoms with Crippen molar-refractivity contribution in [3.05, 3.63) is 59.7 Å². The Morgan fingerprint density at radius 3 is 2.53 bits per heavy atom. The standard InChI is InChI=1S/C22H31N5O2S/c1-17-9-11-20(12-10-17)27-14-13-19(16-27)25-22(23-2)24-15-18-7-5-6-8-21(18)30(28,29)26(3)4/h5-12,19H,13-16H2,1-4H3,(H2,23,24,25). The Morgan fingerprint density at radius 2 is 1.87 bits per heavy atom. The molecule has 0 aliphatic carbocycles. The van der Waals surface area contributed by atoms with E-state index in [9.17, 15) is 8.42 Å². The molecule has 0 amide bonds. The van der Waals surface area contributed by atoms with Gasteiger partial charge in [0.25, 0.3) is 0 Å². The van der Waals surface area contributed by atoms with E-state index in [0.29, 0.717) is 23.0 Å². The summed E-state index contributed by atoms with van der Waals surface area (Å²) in [6, 6.07) is 15.9. The second-order valence-electron chi connectivity index (χ2n) is 7.73. The van der Waals surface area contributed by atoms with Gasteiger partial charge in [-0.2, -0.15) is 0 Å². The van der Waals surface area contributed by atoms with E-state index in [1.807, 2.05) is 12.1 Å². The van der Waals surface area contributed by atoms with Gasteiger partial charge in [-0.1, -0.05) is 35.9 Å². The second-order valence-corrected chi connectivity index (χ2v) is 9.85. The van der Waals surface area contributed by atoms with Gasteiger partial charge in [0.05, 0.1) is 4.90 Å². The molecule has 3 rings (SSSR count). The van der Waals surface area contributed by atoms with E-state index < -0.39 is 10.0 Å². The van der Waals surface area contributed by atoms with E-state index >= 15 is 0 Å². The fraction of sp³-hybridized carbons (Fsp3) is 0.409. The maximum atomic E-state index is 12.6. The highest BCUT2D eigenvalue weighted by Crippen LogP contribution is 2.21. The molecule has 30 heavy (non-hydrogen) atoms. The Bertz CT molecular complexity index is 987. The lowest BCUT2D eigenvalue weighted by Gasteiger charge is -2.21. The van der Waals surface area contributed by atoms with Crippen LogP contribution in [0.1, 0.15) is 17.5 Å². The van der Waals surface area contributed by atoms with Crippen LogP contribution in [0.25, 0.3) is 0 Å². The molecule has 0 bridgehead atoms. The first kappa shape index (κ1) is 22.1. The van der Waals surface area contributed by atoms with Gasteiger partial charge in [-0.3, -0.25) is 4.99 Å². The number of anilines is 1. The van der Waals surface area contributed by atoms with Gasteiger partial charge in [-0.25, -0.2) is 12.7 Å². The summed E-state index contributed by atoms with van der Waals surface area (Å²) < 4.78 is 26.4. The fourth-order valence-corrected chi connectivity index (χ4v) is 4.65. The van der Waals surface area contributed by atoms with Gasteiger partial charge in [0, 0.05) is 52.5 Å². The molecule has 162 valence electrons. The SMILES string of the molecule is CN=C(NCc1ccccc1S(=O)(=O)N(C)C)NC1CCN(c2ccc(C)cc2)C1. The molecule has 2 N–H and O–H groups in total. The van der Waals surface area contributed by atoms with Gasteiger partial charge >= 0.3 is 0 Å². The molecule has 0 spiro atoms. The first-order valence-corrected chi connectivity index (χ1v) is 11.5. The molecule has 0 aromatic heterocycles. The van der Waals surface area contributed by atoms with Crippen LogP contribution in [0.4, 0.5) is 5.69 Å². The number of hydrogen-bond acceptors (Lipinski definition) is 4. The molecule has 1 heterocycles. The van der Waals surface area contributed by atoms with Crippen molar-refractivity contribution in [2.24, 2.45) is 4.99 Å². The van der Waals surface area contributed by atoms with Crippen molar-refractivity contribution in [1.29, 1.82) is 0 Å². The zero-order valence-corrected chi connectivity index (χ0v) is 18.9. The highest BCUT2D eigenvalue weighted by Gasteiger charge is 2.24. The Morgan fingerprint density at radius 1 is 1.17 bits per heavy atom. The molecule has 1 atom stereocenters. The van der Waals surface area contributed by atoms with Crippen molar-refractivity contribution < 1.29 is 8.42 Å². The molecule has 8 heteroatoms. The number of aryl methyl sites for hydroxylation is 1. The van der Waals surface area contributed by atoms with E-state index in [2.05, 4.69) is 51.7 Å². The highest BCUT2D eigenvalue weighted by molar-refractivity contribution is 7.89. The van der Waals surface area contributed by atoms with Crippen LogP contribution in [0.15, 0.2) is 58.4 Å². The van der Waals surface area contributed by atoms with Gasteiger partial charge in [0.1, 0.15) is 0 Å². The van der Waals surface area contributed by atoms with Gasteiger partial charge in [0.15, 0.2) is 5.96 Å². The van der Waals surface area contributed by atoms with Crippen LogP contribution in [0, 0.1) is 6.92 Å². The molecule has 2 aromatic rings. The van der Waals surface area contributed by atoms with Crippen LogP contribution < -0.4 is 15.5 Å². The number of hydrogen-bond donors (Lipinski definition) is 2. The Balaban J connectivity index is 1.61. The molecule has 0 saturated carbocycles. The van der Waals surface area contributed by atoms with Crippen LogP contribution in [-0.4, -0.2) is 59.0 Å². The van der Waals surface area contributed by atoms with Crippen LogP contribution in [0.5, 0.6) is 0 Å². The van der Waals surface area contributed by atoms with Crippen molar-refractivity contribution in [2.75, 3.05) is 39.1 Å². The quantitative estimate of drug-likeness (QED) is 0.544. The van der Waals surface area contributed by atoms with Crippen LogP contribution in [-0.2, 0) is 16.6 Å². The molecule has 1 aliphatic heterocycles. The zero-order chi connectivity index (χ0) is 21.7. The number of benzene rings is 2. The van der Waals surface area contributed by atoms with E-state index in [1.165, 1.54) is 15.6 Å². The lowest BCUT2D eigenvalue weighted by molar-refractivity contribution is 0.519. The summed E-state index contributed by atoms with van der Waals surface area (Å²) in [7, 11) is 1.31. The van der Waals surface area contributed by atoms with E-state index in [4.69, 9.17) is 0 Å². The summed E-state index contributed by atoms with van der Waals surface area (Å²) in [5.74, 6) is 0.669. The third-order valence-corrected chi connectivity index (χ3v) is 7.24. The van der Waals surface area contributed by atoms with Crippen molar-refractivity contribution in [1.82, 2.24) is 14.9 Å². The van der Waals surface area contributed by atoms with E-state index in [0.717, 1.165) is 19.5 Å². The zero-order valence-electron chi connectivity index (χ0n) is 18.1. The van der Waals surface area contributed by atoms with Crippen molar-refractivity contribution in [3.63, 3.8) is 0 Å². The minimum absolute atomic E-state index is 0.276. The van der Waals surface area contributed by atoms with Gasteiger partial charge in [-0.15, -0.1) is 0 Å². The summed E-state index contributed by atoms with van der Waals surface area (Å²) in [5.41, 5.74) is 3.20. The van der Waals surface area contributed by atoms with Gasteiger partial charge < -0.3 is 15.5 Å². The van der Waals surface area contributed by atoms with Crippen molar-refractivity contribution in [3.8, 4) is 0 Å². The third-order valence-electron chi connectivity index (χ3n) is 5.33. The summed E-state index contributed by atoms with van der Waals surface area (Å²) in [6.45, 7) is 4.35. The number of rotatable bonds is 6. The Hall–Kier alpha value is -2.58. The molecule has 1 unspecified atom stereocenters. The molecular weight excluding hydrogens is 398 g/mol. The number of guanidine groups is 1. The maximum absolute atomic E-state index is 12.6. The molecule has 1 aliphatic rings. The normalized spacial score (nSPS) is 17.4. The molecule has 7 nitrogen and oxygen atoms in total. The number of sulfonamides is 1. The molecule has 2 aromatic carbocycles. The van der Waals surface area contributed by atoms with Crippen molar-refractivity contribution >= 4 is 21.7 Å². The summed E-state index contributed by atoms with van der Waals surface area (Å²) >= 11 is 0. The third kappa shape index (κ3) is 5.12. The second kappa shape index (κ2) is 9.49. The highest BCUT2D eigenvalue weighted by atomic mass is 32.2. The first-order chi connectivity index (χ1) is 14.3. The molecule has 1 saturated heterocycles. The smallest absolute Gasteiger partial charge is 0.242 e. The predicted molar refractivity (Wildman–Crippen MR) is 122 cm³/mol. The lowest BCUT2D eigenvalue weighted by Crippen LogP contribution is -2.44. The Labute approximate surface area is 179 Å². The largest absolute Gasteiger partial charge is 0.369 e. The van der Waals surface area contributed by atoms with Crippen LogP contribution in [0.2, 0.25) is 0 Å². The van der Waals surface area contributed by atoms with Crippen LogP contribution >= 0.6 is 0 Å². The van der Waals surface area contributed by atoms with Gasteiger partial charge in [-0.05, 0) is 37.1 Å². The fourth-order valence-electron chi connectivity index (χ4n) is 3.53. The molecule has 1 fully saturated rings. The van der Waals surface area contributed by atoms with Gasteiger partial charge in [0.2, 0.25) is 10.0 Å². The predicted octanol–water partition coefficient (Wildman–Crippen LogP) is 2.19.